The first-order valence-corrected chi connectivity index (χ1v) is 7.56. The van der Waals surface area contributed by atoms with Crippen LogP contribution in [0.25, 0.3) is 22.8 Å². The summed E-state index contributed by atoms with van der Waals surface area (Å²) < 4.78 is 0. The van der Waals surface area contributed by atoms with Crippen LogP contribution in [0.4, 0.5) is 0 Å². The Labute approximate surface area is 131 Å². The molecule has 3 heteroatoms. The van der Waals surface area contributed by atoms with Gasteiger partial charge in [0.05, 0.1) is 5.69 Å². The summed E-state index contributed by atoms with van der Waals surface area (Å²) in [6.07, 6.45) is 4.64. The first-order chi connectivity index (χ1) is 10.7. The lowest BCUT2D eigenvalue weighted by Crippen LogP contribution is -1.95. The van der Waals surface area contributed by atoms with Crippen molar-refractivity contribution < 1.29 is 0 Å². The summed E-state index contributed by atoms with van der Waals surface area (Å²) in [6.45, 7) is 4.47. The van der Waals surface area contributed by atoms with Gasteiger partial charge in [-0.3, -0.25) is 4.98 Å². The fourth-order valence-electron chi connectivity index (χ4n) is 2.42. The lowest BCUT2D eigenvalue weighted by molar-refractivity contribution is 0.647. The van der Waals surface area contributed by atoms with Crippen molar-refractivity contribution >= 4 is 0 Å². The zero-order valence-electron chi connectivity index (χ0n) is 12.9. The Kier molecular flexibility index (Phi) is 4.24. The van der Waals surface area contributed by atoms with Crippen LogP contribution in [0.3, 0.4) is 0 Å². The van der Waals surface area contributed by atoms with Gasteiger partial charge < -0.3 is 0 Å². The molecule has 0 unspecified atom stereocenters. The molecule has 0 N–H and O–H groups in total. The second kappa shape index (κ2) is 6.48. The van der Waals surface area contributed by atoms with Gasteiger partial charge in [-0.15, -0.1) is 0 Å². The standard InChI is InChI=1S/C19H19N3/c1-14(2)13-15-6-8-16(9-7-15)17-10-12-21-19(22-17)18-5-3-4-11-20-18/h3-12,14H,13H2,1-2H3. The Balaban J connectivity index is 1.89. The molecule has 1 aromatic carbocycles. The maximum atomic E-state index is 4.63. The lowest BCUT2D eigenvalue weighted by Gasteiger charge is -2.07. The molecule has 3 nitrogen and oxygen atoms in total. The highest BCUT2D eigenvalue weighted by molar-refractivity contribution is 5.62. The summed E-state index contributed by atoms with van der Waals surface area (Å²) >= 11 is 0. The van der Waals surface area contributed by atoms with E-state index in [1.807, 2.05) is 24.3 Å². The highest BCUT2D eigenvalue weighted by Crippen LogP contribution is 2.21. The third-order valence-electron chi connectivity index (χ3n) is 3.44. The van der Waals surface area contributed by atoms with E-state index in [0.717, 1.165) is 23.4 Å². The minimum atomic E-state index is 0.657. The predicted octanol–water partition coefficient (Wildman–Crippen LogP) is 4.40. The Bertz CT molecular complexity index is 734. The molecule has 0 aliphatic carbocycles. The largest absolute Gasteiger partial charge is 0.253 e. The molecule has 0 aliphatic rings. The van der Waals surface area contributed by atoms with Crippen molar-refractivity contribution in [2.45, 2.75) is 20.3 Å². The summed E-state index contributed by atoms with van der Waals surface area (Å²) in [6, 6.07) is 16.3. The molecule has 2 aromatic heterocycles. The number of rotatable bonds is 4. The molecule has 3 rings (SSSR count). The third kappa shape index (κ3) is 3.37. The SMILES string of the molecule is CC(C)Cc1ccc(-c2ccnc(-c3ccccn3)n2)cc1. The summed E-state index contributed by atoms with van der Waals surface area (Å²) in [5, 5.41) is 0. The number of benzene rings is 1. The van der Waals surface area contributed by atoms with Crippen LogP contribution >= 0.6 is 0 Å². The molecule has 0 fully saturated rings. The van der Waals surface area contributed by atoms with E-state index in [-0.39, 0.29) is 0 Å². The van der Waals surface area contributed by atoms with Gasteiger partial charge in [-0.2, -0.15) is 0 Å². The van der Waals surface area contributed by atoms with Crippen molar-refractivity contribution in [2.24, 2.45) is 5.92 Å². The van der Waals surface area contributed by atoms with Crippen LogP contribution < -0.4 is 0 Å². The number of hydrogen-bond donors (Lipinski definition) is 0. The van der Waals surface area contributed by atoms with E-state index in [2.05, 4.69) is 53.1 Å². The quantitative estimate of drug-likeness (QED) is 0.714. The van der Waals surface area contributed by atoms with Crippen LogP contribution in [0.5, 0.6) is 0 Å². The fourth-order valence-corrected chi connectivity index (χ4v) is 2.42. The molecule has 2 heterocycles. The maximum Gasteiger partial charge on any atom is 0.178 e. The normalized spacial score (nSPS) is 10.9. The van der Waals surface area contributed by atoms with Gasteiger partial charge in [-0.1, -0.05) is 44.2 Å². The first-order valence-electron chi connectivity index (χ1n) is 7.56. The van der Waals surface area contributed by atoms with Crippen molar-refractivity contribution in [3.05, 3.63) is 66.5 Å². The second-order valence-corrected chi connectivity index (χ2v) is 5.78. The molecule has 0 saturated heterocycles. The smallest absolute Gasteiger partial charge is 0.178 e. The van der Waals surface area contributed by atoms with E-state index in [0.29, 0.717) is 11.7 Å². The Morgan fingerprint density at radius 1 is 0.818 bits per heavy atom. The summed E-state index contributed by atoms with van der Waals surface area (Å²) in [4.78, 5) is 13.3. The van der Waals surface area contributed by atoms with Gasteiger partial charge in [-0.25, -0.2) is 9.97 Å². The summed E-state index contributed by atoms with van der Waals surface area (Å²) in [5.74, 6) is 1.32. The van der Waals surface area contributed by atoms with Crippen molar-refractivity contribution in [2.75, 3.05) is 0 Å². The van der Waals surface area contributed by atoms with Crippen molar-refractivity contribution in [3.8, 4) is 22.8 Å². The molecule has 0 amide bonds. The van der Waals surface area contributed by atoms with E-state index in [4.69, 9.17) is 0 Å². The topological polar surface area (TPSA) is 38.7 Å². The van der Waals surface area contributed by atoms with Crippen LogP contribution in [-0.4, -0.2) is 15.0 Å². The van der Waals surface area contributed by atoms with E-state index in [1.54, 1.807) is 12.4 Å². The zero-order valence-corrected chi connectivity index (χ0v) is 12.9. The predicted molar refractivity (Wildman–Crippen MR) is 89.2 cm³/mol. The summed E-state index contributed by atoms with van der Waals surface area (Å²) in [7, 11) is 0. The third-order valence-corrected chi connectivity index (χ3v) is 3.44. The number of nitrogens with zero attached hydrogens (tertiary/aromatic N) is 3. The van der Waals surface area contributed by atoms with E-state index in [1.165, 1.54) is 5.56 Å². The first kappa shape index (κ1) is 14.4. The number of aromatic nitrogens is 3. The maximum absolute atomic E-state index is 4.63. The Hall–Kier alpha value is -2.55. The molecular formula is C19H19N3. The van der Waals surface area contributed by atoms with Crippen LogP contribution in [0.1, 0.15) is 19.4 Å². The molecule has 0 saturated carbocycles. The number of pyridine rings is 1. The van der Waals surface area contributed by atoms with E-state index in [9.17, 15) is 0 Å². The van der Waals surface area contributed by atoms with E-state index >= 15 is 0 Å². The Morgan fingerprint density at radius 2 is 1.64 bits per heavy atom. The molecular weight excluding hydrogens is 270 g/mol. The van der Waals surface area contributed by atoms with Gasteiger partial charge in [0.15, 0.2) is 5.82 Å². The minimum absolute atomic E-state index is 0.657. The zero-order chi connectivity index (χ0) is 15.4. The van der Waals surface area contributed by atoms with Crippen molar-refractivity contribution in [1.29, 1.82) is 0 Å². The molecule has 0 bridgehead atoms. The monoisotopic (exact) mass is 289 g/mol. The molecule has 110 valence electrons. The highest BCUT2D eigenvalue weighted by atomic mass is 14.9. The molecule has 0 atom stereocenters. The van der Waals surface area contributed by atoms with E-state index < -0.39 is 0 Å². The van der Waals surface area contributed by atoms with Crippen LogP contribution in [0.2, 0.25) is 0 Å². The van der Waals surface area contributed by atoms with Crippen molar-refractivity contribution in [1.82, 2.24) is 15.0 Å². The van der Waals surface area contributed by atoms with Gasteiger partial charge in [0.25, 0.3) is 0 Å². The molecule has 3 aromatic rings. The molecule has 0 aliphatic heterocycles. The molecule has 0 radical (unpaired) electrons. The number of hydrogen-bond acceptors (Lipinski definition) is 3. The van der Waals surface area contributed by atoms with Gasteiger partial charge in [0.1, 0.15) is 5.69 Å². The van der Waals surface area contributed by atoms with Crippen LogP contribution in [0, 0.1) is 5.92 Å². The minimum Gasteiger partial charge on any atom is -0.253 e. The van der Waals surface area contributed by atoms with Crippen LogP contribution in [-0.2, 0) is 6.42 Å². The van der Waals surface area contributed by atoms with Crippen molar-refractivity contribution in [3.63, 3.8) is 0 Å². The fraction of sp³-hybridized carbons (Fsp3) is 0.211. The average molecular weight is 289 g/mol. The molecule has 0 spiro atoms. The Morgan fingerprint density at radius 3 is 2.32 bits per heavy atom. The van der Waals surface area contributed by atoms with Gasteiger partial charge in [0.2, 0.25) is 0 Å². The van der Waals surface area contributed by atoms with Gasteiger partial charge >= 0.3 is 0 Å². The average Bonchev–Trinajstić information content (AvgIpc) is 2.56. The lowest BCUT2D eigenvalue weighted by atomic mass is 10.0. The van der Waals surface area contributed by atoms with Gasteiger partial charge in [-0.05, 0) is 36.1 Å². The van der Waals surface area contributed by atoms with Crippen LogP contribution in [0.15, 0.2) is 60.9 Å². The molecule has 22 heavy (non-hydrogen) atoms. The second-order valence-electron chi connectivity index (χ2n) is 5.78. The summed E-state index contributed by atoms with van der Waals surface area (Å²) in [5.41, 5.74) is 4.18. The van der Waals surface area contributed by atoms with Gasteiger partial charge in [0, 0.05) is 18.0 Å². The highest BCUT2D eigenvalue weighted by Gasteiger charge is 2.06.